The Labute approximate surface area is 696 Å². The number of hydrogen-bond acceptors (Lipinski definition) is 4. The lowest BCUT2D eigenvalue weighted by atomic mass is 9.81. The largest absolute Gasteiger partial charge is 0.456 e. The molecule has 24 rings (SSSR count). The Morgan fingerprint density at radius 1 is 0.200 bits per heavy atom. The first-order valence-corrected chi connectivity index (χ1v) is 41.5. The van der Waals surface area contributed by atoms with Gasteiger partial charge >= 0.3 is 0 Å². The van der Waals surface area contributed by atoms with Crippen molar-refractivity contribution in [3.05, 3.63) is 435 Å². The van der Waals surface area contributed by atoms with Crippen LogP contribution in [-0.2, 0) is 10.8 Å². The van der Waals surface area contributed by atoms with Crippen LogP contribution in [0.2, 0.25) is 0 Å². The normalized spacial score (nSPS) is 13.0. The van der Waals surface area contributed by atoms with E-state index in [-0.39, 0.29) is 10.8 Å². The number of anilines is 6. The highest BCUT2D eigenvalue weighted by molar-refractivity contribution is 6.27. The van der Waals surface area contributed by atoms with E-state index < -0.39 is 0 Å². The molecule has 120 heavy (non-hydrogen) atoms. The van der Waals surface area contributed by atoms with E-state index in [2.05, 4.69) is 447 Å². The zero-order valence-electron chi connectivity index (χ0n) is 66.9. The predicted octanol–water partition coefficient (Wildman–Crippen LogP) is 31.6. The van der Waals surface area contributed by atoms with Gasteiger partial charge in [-0.05, 0) is 241 Å². The van der Waals surface area contributed by atoms with Gasteiger partial charge in [-0.1, -0.05) is 282 Å². The Morgan fingerprint density at radius 3 is 1.02 bits per heavy atom. The monoisotopic (exact) mass is 1540 g/mol. The van der Waals surface area contributed by atoms with Crippen molar-refractivity contribution in [3.63, 3.8) is 0 Å². The molecule has 0 fully saturated rings. The molecule has 18 aromatic carbocycles. The summed E-state index contributed by atoms with van der Waals surface area (Å²) in [7, 11) is 0. The molecule has 2 aliphatic carbocycles. The molecule has 0 saturated carbocycles. The van der Waals surface area contributed by atoms with Gasteiger partial charge in [-0.25, -0.2) is 0 Å². The average Bonchev–Trinajstić information content (AvgIpc) is 1.55. The van der Waals surface area contributed by atoms with Gasteiger partial charge in [0.25, 0.3) is 0 Å². The quantitative estimate of drug-likeness (QED) is 0.122. The lowest BCUT2D eigenvalue weighted by Crippen LogP contribution is -2.16. The van der Waals surface area contributed by atoms with Gasteiger partial charge in [0.05, 0.1) is 22.1 Å². The minimum Gasteiger partial charge on any atom is -0.456 e. The Hall–Kier alpha value is -15.2. The molecule has 6 heteroatoms. The average molecular weight is 1540 g/mol. The molecule has 0 spiro atoms. The van der Waals surface area contributed by atoms with E-state index in [1.807, 2.05) is 12.1 Å². The van der Waals surface area contributed by atoms with Crippen LogP contribution in [0.25, 0.3) is 166 Å². The third-order valence-corrected chi connectivity index (χ3v) is 25.6. The van der Waals surface area contributed by atoms with Crippen LogP contribution in [0.15, 0.2) is 421 Å². The van der Waals surface area contributed by atoms with Crippen molar-refractivity contribution in [2.45, 2.75) is 38.5 Å². The molecule has 2 aliphatic rings. The summed E-state index contributed by atoms with van der Waals surface area (Å²) in [6.07, 6.45) is 0. The number of hydrogen-bond donors (Lipinski definition) is 0. The number of rotatable bonds is 12. The summed E-state index contributed by atoms with van der Waals surface area (Å²) in [4.78, 5) is 4.80. The molecule has 0 bridgehead atoms. The zero-order valence-corrected chi connectivity index (χ0v) is 66.9. The molecule has 0 aliphatic heterocycles. The van der Waals surface area contributed by atoms with Gasteiger partial charge in [0.2, 0.25) is 0 Å². The maximum atomic E-state index is 6.41. The summed E-state index contributed by atoms with van der Waals surface area (Å²) in [6, 6.07) is 150. The van der Waals surface area contributed by atoms with Crippen molar-refractivity contribution in [2.75, 3.05) is 9.80 Å². The van der Waals surface area contributed by atoms with Gasteiger partial charge in [0.1, 0.15) is 22.3 Å². The lowest BCUT2D eigenvalue weighted by molar-refractivity contribution is 0.660. The van der Waals surface area contributed by atoms with Crippen molar-refractivity contribution in [1.29, 1.82) is 0 Å². The van der Waals surface area contributed by atoms with Crippen molar-refractivity contribution >= 4 is 122 Å². The van der Waals surface area contributed by atoms with Crippen molar-refractivity contribution in [1.82, 2.24) is 9.13 Å². The van der Waals surface area contributed by atoms with Crippen LogP contribution < -0.4 is 9.80 Å². The predicted molar refractivity (Wildman–Crippen MR) is 502 cm³/mol. The molecule has 22 aromatic rings. The van der Waals surface area contributed by atoms with Gasteiger partial charge in [0, 0.05) is 105 Å². The third kappa shape index (κ3) is 11.4. The van der Waals surface area contributed by atoms with Crippen molar-refractivity contribution in [3.8, 4) is 78.1 Å². The summed E-state index contributed by atoms with van der Waals surface area (Å²) in [6.45, 7) is 9.48. The van der Waals surface area contributed by atoms with Crippen molar-refractivity contribution in [2.24, 2.45) is 0 Å². The SMILES string of the molecule is CC1(C)c2cc(-c3ccccc3)ccc2-c2ccc(N(c3ccc(-c4ccccc4)cc3)c3ccc(-n4c5ccccc5c5c6c(ccc54)oc4ccccc46)cc3)cc21.CC1(C)c2cc(-c3ccccc3)ccc2-c2ccc(N(c3ccc(-c4ccccc4)cc3)c3ccc(-n4c5ccccc5c5cc6c(cc54)oc4ccccc46)cc3)cc21. The van der Waals surface area contributed by atoms with Gasteiger partial charge in [-0.2, -0.15) is 0 Å². The standard InChI is InChI=1S/2C57H40N2O/c1-57(2)51-33-40(38-15-7-4-8-16-38)23-31-45(51)46-32-30-44(34-52(46)57)58(41-24-21-39(22-25-41)37-13-5-3-6-14-37)42-26-28-43(29-27-42)59-53-19-11-9-17-47(53)49-35-50-48-18-10-12-20-55(48)60-56(50)36-54(49)59;1-57(2)49-35-40(38-15-7-4-8-16-38)23-31-45(49)46-32-30-44(36-50(46)57)58(41-24-21-39(22-25-41)37-13-5-3-6-14-37)42-26-28-43(29-27-42)59-51-19-11-9-17-47(51)55-52(59)33-34-54-56(55)48-18-10-12-20-53(48)60-54/h2*3-36H,1-2H3. The number of furan rings is 2. The fraction of sp³-hybridized carbons (Fsp3) is 0.0526. The molecule has 0 saturated heterocycles. The van der Waals surface area contributed by atoms with Gasteiger partial charge < -0.3 is 27.8 Å². The molecule has 0 N–H and O–H groups in total. The topological polar surface area (TPSA) is 42.6 Å². The first-order chi connectivity index (χ1) is 59.0. The highest BCUT2D eigenvalue weighted by Gasteiger charge is 2.39. The van der Waals surface area contributed by atoms with Crippen LogP contribution in [0, 0.1) is 0 Å². The molecular formula is C114H80N4O2. The minimum absolute atomic E-state index is 0.180. The molecular weight excluding hydrogens is 1460 g/mol. The van der Waals surface area contributed by atoms with E-state index in [1.54, 1.807) is 0 Å². The minimum atomic E-state index is -0.181. The zero-order chi connectivity index (χ0) is 79.9. The molecule has 0 unspecified atom stereocenters. The van der Waals surface area contributed by atoms with E-state index in [4.69, 9.17) is 8.83 Å². The van der Waals surface area contributed by atoms with Gasteiger partial charge in [-0.15, -0.1) is 0 Å². The van der Waals surface area contributed by atoms with Crippen LogP contribution in [0.3, 0.4) is 0 Å². The molecule has 4 heterocycles. The Morgan fingerprint density at radius 2 is 0.542 bits per heavy atom. The van der Waals surface area contributed by atoms with Crippen LogP contribution in [-0.4, -0.2) is 9.13 Å². The van der Waals surface area contributed by atoms with E-state index >= 15 is 0 Å². The van der Waals surface area contributed by atoms with E-state index in [0.29, 0.717) is 0 Å². The number of benzene rings is 18. The first-order valence-electron chi connectivity index (χ1n) is 41.5. The molecule has 4 aromatic heterocycles. The maximum absolute atomic E-state index is 6.41. The van der Waals surface area contributed by atoms with Crippen LogP contribution in [0.4, 0.5) is 34.1 Å². The van der Waals surface area contributed by atoms with E-state index in [0.717, 1.165) is 100 Å². The first kappa shape index (κ1) is 70.2. The summed E-state index contributed by atoms with van der Waals surface area (Å²) >= 11 is 0. The third-order valence-electron chi connectivity index (χ3n) is 25.6. The highest BCUT2D eigenvalue weighted by atomic mass is 16.3. The Balaban J connectivity index is 0.000000140. The summed E-state index contributed by atoms with van der Waals surface area (Å²) in [5.41, 5.74) is 37.2. The second kappa shape index (κ2) is 27.7. The lowest BCUT2D eigenvalue weighted by Gasteiger charge is -2.28. The maximum Gasteiger partial charge on any atom is 0.137 e. The van der Waals surface area contributed by atoms with Crippen molar-refractivity contribution < 1.29 is 8.83 Å². The number of aromatic nitrogens is 2. The molecule has 0 radical (unpaired) electrons. The summed E-state index contributed by atoms with van der Waals surface area (Å²) < 4.78 is 17.5. The van der Waals surface area contributed by atoms with Gasteiger partial charge in [-0.3, -0.25) is 0 Å². The summed E-state index contributed by atoms with van der Waals surface area (Å²) in [5.74, 6) is 0. The molecule has 0 atom stereocenters. The number of fused-ring (bicyclic) bond motifs is 19. The summed E-state index contributed by atoms with van der Waals surface area (Å²) in [5, 5.41) is 9.46. The number of nitrogens with zero attached hydrogens (tertiary/aromatic N) is 4. The van der Waals surface area contributed by atoms with Crippen LogP contribution >= 0.6 is 0 Å². The molecule has 0 amide bonds. The Bertz CT molecular complexity index is 7790. The van der Waals surface area contributed by atoms with E-state index in [9.17, 15) is 0 Å². The second-order valence-corrected chi connectivity index (χ2v) is 33.1. The molecule has 568 valence electrons. The highest BCUT2D eigenvalue weighted by Crippen LogP contribution is 2.55. The Kier molecular flexibility index (Phi) is 16.2. The van der Waals surface area contributed by atoms with Crippen LogP contribution in [0.5, 0.6) is 0 Å². The van der Waals surface area contributed by atoms with E-state index in [1.165, 1.54) is 122 Å². The van der Waals surface area contributed by atoms with Gasteiger partial charge in [0.15, 0.2) is 0 Å². The molecule has 6 nitrogen and oxygen atoms in total. The number of para-hydroxylation sites is 4. The second-order valence-electron chi connectivity index (χ2n) is 33.1. The fourth-order valence-electron chi connectivity index (χ4n) is 19.6. The van der Waals surface area contributed by atoms with Crippen LogP contribution in [0.1, 0.15) is 49.9 Å². The fourth-order valence-corrected chi connectivity index (χ4v) is 19.6. The smallest absolute Gasteiger partial charge is 0.137 e.